The highest BCUT2D eigenvalue weighted by Gasteiger charge is 2.23. The summed E-state index contributed by atoms with van der Waals surface area (Å²) in [5.41, 5.74) is 5.82. The second kappa shape index (κ2) is 6.02. The van der Waals surface area contributed by atoms with Gasteiger partial charge in [-0.2, -0.15) is 0 Å². The summed E-state index contributed by atoms with van der Waals surface area (Å²) in [6, 6.07) is -0.128. The van der Waals surface area contributed by atoms with Gasteiger partial charge in [0.15, 0.2) is 0 Å². The first-order valence-corrected chi connectivity index (χ1v) is 5.29. The maximum Gasteiger partial charge on any atom is 0.307 e. The maximum absolute atomic E-state index is 11.3. The zero-order valence-electron chi connectivity index (χ0n) is 9.80. The van der Waals surface area contributed by atoms with Crippen LogP contribution in [0, 0.1) is 5.41 Å². The van der Waals surface area contributed by atoms with Crippen molar-refractivity contribution in [1.82, 2.24) is 0 Å². The Morgan fingerprint density at radius 1 is 1.43 bits per heavy atom. The summed E-state index contributed by atoms with van der Waals surface area (Å²) >= 11 is 0. The van der Waals surface area contributed by atoms with Crippen molar-refractivity contribution in [3.05, 3.63) is 0 Å². The van der Waals surface area contributed by atoms with Crippen LogP contribution in [0.4, 0.5) is 0 Å². The summed E-state index contributed by atoms with van der Waals surface area (Å²) in [6.07, 6.45) is 2.28. The number of carbonyl (C=O) groups excluding carboxylic acids is 1. The van der Waals surface area contributed by atoms with Crippen LogP contribution in [0.25, 0.3) is 0 Å². The van der Waals surface area contributed by atoms with Crippen LogP contribution in [0.2, 0.25) is 0 Å². The normalized spacial score (nSPS) is 13.8. The molecule has 0 aromatic rings. The summed E-state index contributed by atoms with van der Waals surface area (Å²) in [5, 5.41) is 0. The SMILES string of the molecule is CCCCOC(=O)CC(N)C(C)(C)C. The lowest BCUT2D eigenvalue weighted by Gasteiger charge is -2.26. The second-order valence-corrected chi connectivity index (χ2v) is 4.75. The number of ether oxygens (including phenoxy) is 1. The van der Waals surface area contributed by atoms with Crippen LogP contribution in [0.3, 0.4) is 0 Å². The summed E-state index contributed by atoms with van der Waals surface area (Å²) < 4.78 is 5.03. The van der Waals surface area contributed by atoms with E-state index in [1.54, 1.807) is 0 Å². The van der Waals surface area contributed by atoms with Crippen molar-refractivity contribution >= 4 is 5.97 Å². The van der Waals surface area contributed by atoms with Crippen molar-refractivity contribution in [1.29, 1.82) is 0 Å². The van der Waals surface area contributed by atoms with Gasteiger partial charge in [-0.25, -0.2) is 0 Å². The molecule has 0 heterocycles. The van der Waals surface area contributed by atoms with Crippen LogP contribution < -0.4 is 5.73 Å². The van der Waals surface area contributed by atoms with E-state index >= 15 is 0 Å². The van der Waals surface area contributed by atoms with E-state index in [9.17, 15) is 4.79 Å². The highest BCUT2D eigenvalue weighted by molar-refractivity contribution is 5.70. The quantitative estimate of drug-likeness (QED) is 0.547. The zero-order chi connectivity index (χ0) is 11.2. The summed E-state index contributed by atoms with van der Waals surface area (Å²) in [4.78, 5) is 11.3. The van der Waals surface area contributed by atoms with E-state index in [1.807, 2.05) is 20.8 Å². The van der Waals surface area contributed by atoms with Gasteiger partial charge in [0, 0.05) is 6.04 Å². The van der Waals surface area contributed by atoms with Gasteiger partial charge < -0.3 is 10.5 Å². The Balaban J connectivity index is 3.72. The Labute approximate surface area is 87.0 Å². The van der Waals surface area contributed by atoms with Gasteiger partial charge in [0.2, 0.25) is 0 Å². The third-order valence-corrected chi connectivity index (χ3v) is 2.26. The first kappa shape index (κ1) is 13.4. The van der Waals surface area contributed by atoms with E-state index in [2.05, 4.69) is 6.92 Å². The third-order valence-electron chi connectivity index (χ3n) is 2.26. The lowest BCUT2D eigenvalue weighted by molar-refractivity contribution is -0.144. The number of hydrogen-bond donors (Lipinski definition) is 1. The Hall–Kier alpha value is -0.570. The van der Waals surface area contributed by atoms with E-state index in [4.69, 9.17) is 10.5 Å². The second-order valence-electron chi connectivity index (χ2n) is 4.75. The van der Waals surface area contributed by atoms with Crippen LogP contribution in [0.5, 0.6) is 0 Å². The minimum atomic E-state index is -0.180. The first-order chi connectivity index (χ1) is 6.38. The lowest BCUT2D eigenvalue weighted by atomic mass is 9.85. The molecule has 0 aliphatic heterocycles. The van der Waals surface area contributed by atoms with Gasteiger partial charge in [0.1, 0.15) is 0 Å². The number of hydrogen-bond acceptors (Lipinski definition) is 3. The molecule has 0 rings (SSSR count). The molecule has 84 valence electrons. The molecule has 0 aromatic heterocycles. The van der Waals surface area contributed by atoms with E-state index in [1.165, 1.54) is 0 Å². The molecule has 0 bridgehead atoms. The Morgan fingerprint density at radius 2 is 2.00 bits per heavy atom. The highest BCUT2D eigenvalue weighted by atomic mass is 16.5. The van der Waals surface area contributed by atoms with Crippen LogP contribution in [-0.2, 0) is 9.53 Å². The molecule has 0 fully saturated rings. The highest BCUT2D eigenvalue weighted by Crippen LogP contribution is 2.19. The molecule has 2 N–H and O–H groups in total. The molecule has 0 aliphatic rings. The molecular formula is C11H23NO2. The molecule has 3 heteroatoms. The van der Waals surface area contributed by atoms with Crippen molar-refractivity contribution in [2.24, 2.45) is 11.1 Å². The van der Waals surface area contributed by atoms with Crippen molar-refractivity contribution in [3.8, 4) is 0 Å². The van der Waals surface area contributed by atoms with E-state index in [-0.39, 0.29) is 17.4 Å². The average Bonchev–Trinajstić information content (AvgIpc) is 2.03. The largest absolute Gasteiger partial charge is 0.466 e. The zero-order valence-corrected chi connectivity index (χ0v) is 9.80. The molecule has 14 heavy (non-hydrogen) atoms. The fraction of sp³-hybridized carbons (Fsp3) is 0.909. The van der Waals surface area contributed by atoms with E-state index in [0.717, 1.165) is 12.8 Å². The summed E-state index contributed by atoms with van der Waals surface area (Å²) in [5.74, 6) is -0.180. The maximum atomic E-state index is 11.3. The van der Waals surface area contributed by atoms with Gasteiger partial charge in [-0.15, -0.1) is 0 Å². The third kappa shape index (κ3) is 5.97. The van der Waals surface area contributed by atoms with Gasteiger partial charge in [-0.3, -0.25) is 4.79 Å². The Bertz CT molecular complexity index is 173. The van der Waals surface area contributed by atoms with Crippen molar-refractivity contribution in [2.45, 2.75) is 53.0 Å². The first-order valence-electron chi connectivity index (χ1n) is 5.29. The summed E-state index contributed by atoms with van der Waals surface area (Å²) in [7, 11) is 0. The lowest BCUT2D eigenvalue weighted by Crippen LogP contribution is -2.37. The molecular weight excluding hydrogens is 178 g/mol. The topological polar surface area (TPSA) is 52.3 Å². The molecule has 0 radical (unpaired) electrons. The molecule has 1 atom stereocenters. The van der Waals surface area contributed by atoms with Crippen LogP contribution in [-0.4, -0.2) is 18.6 Å². The fourth-order valence-electron chi connectivity index (χ4n) is 0.875. The Kier molecular flexibility index (Phi) is 5.77. The van der Waals surface area contributed by atoms with Gasteiger partial charge >= 0.3 is 5.97 Å². The van der Waals surface area contributed by atoms with Crippen LogP contribution >= 0.6 is 0 Å². The molecule has 0 spiro atoms. The van der Waals surface area contributed by atoms with Crippen molar-refractivity contribution in [3.63, 3.8) is 0 Å². The number of unbranched alkanes of at least 4 members (excludes halogenated alkanes) is 1. The van der Waals surface area contributed by atoms with Gasteiger partial charge in [-0.05, 0) is 11.8 Å². The Morgan fingerprint density at radius 3 is 2.43 bits per heavy atom. The van der Waals surface area contributed by atoms with Gasteiger partial charge in [0.25, 0.3) is 0 Å². The number of rotatable bonds is 5. The molecule has 3 nitrogen and oxygen atoms in total. The summed E-state index contributed by atoms with van der Waals surface area (Å²) in [6.45, 7) is 8.66. The molecule has 0 aromatic carbocycles. The number of nitrogens with two attached hydrogens (primary N) is 1. The molecule has 0 saturated heterocycles. The minimum Gasteiger partial charge on any atom is -0.466 e. The predicted octanol–water partition coefficient (Wildman–Crippen LogP) is 2.09. The van der Waals surface area contributed by atoms with E-state index < -0.39 is 0 Å². The fourth-order valence-corrected chi connectivity index (χ4v) is 0.875. The monoisotopic (exact) mass is 201 g/mol. The van der Waals surface area contributed by atoms with Crippen LogP contribution in [0.1, 0.15) is 47.0 Å². The molecule has 0 saturated carbocycles. The molecule has 0 aliphatic carbocycles. The van der Waals surface area contributed by atoms with Gasteiger partial charge in [-0.1, -0.05) is 34.1 Å². The number of esters is 1. The van der Waals surface area contributed by atoms with Crippen molar-refractivity contribution in [2.75, 3.05) is 6.61 Å². The predicted molar refractivity (Wildman–Crippen MR) is 57.9 cm³/mol. The van der Waals surface area contributed by atoms with E-state index in [0.29, 0.717) is 13.0 Å². The van der Waals surface area contributed by atoms with Gasteiger partial charge in [0.05, 0.1) is 13.0 Å². The molecule has 0 amide bonds. The minimum absolute atomic E-state index is 0.0379. The smallest absolute Gasteiger partial charge is 0.307 e. The molecule has 1 unspecified atom stereocenters. The van der Waals surface area contributed by atoms with Crippen molar-refractivity contribution < 1.29 is 9.53 Å². The number of carbonyl (C=O) groups is 1. The van der Waals surface area contributed by atoms with Crippen LogP contribution in [0.15, 0.2) is 0 Å². The average molecular weight is 201 g/mol. The standard InChI is InChI=1S/C11H23NO2/c1-5-6-7-14-10(13)8-9(12)11(2,3)4/h9H,5-8,12H2,1-4H3.